The van der Waals surface area contributed by atoms with Gasteiger partial charge in [0.05, 0.1) is 0 Å². The molecular weight excluding hydrogens is 292 g/mol. The van der Waals surface area contributed by atoms with Crippen LogP contribution in [0.1, 0.15) is 86.7 Å². The van der Waals surface area contributed by atoms with Crippen molar-refractivity contribution in [1.29, 1.82) is 0 Å². The number of hydrogen-bond acceptors (Lipinski definition) is 1. The second-order valence-electron chi connectivity index (χ2n) is 6.85. The average molecular weight is 325 g/mol. The minimum Gasteiger partial charge on any atom is -0.298 e. The van der Waals surface area contributed by atoms with Crippen LogP contribution in [0.4, 0.5) is 0 Å². The van der Waals surface area contributed by atoms with Crippen LogP contribution in [-0.2, 0) is 12.8 Å². The first kappa shape index (κ1) is 18.7. The Morgan fingerprint density at radius 1 is 0.708 bits per heavy atom. The molecule has 0 N–H and O–H groups in total. The lowest BCUT2D eigenvalue weighted by molar-refractivity contribution is 0.112. The van der Waals surface area contributed by atoms with Gasteiger partial charge < -0.3 is 0 Å². The largest absolute Gasteiger partial charge is 0.298 e. The van der Waals surface area contributed by atoms with Crippen molar-refractivity contribution in [3.05, 3.63) is 47.0 Å². The minimum atomic E-state index is 0.990. The molecule has 0 fully saturated rings. The maximum Gasteiger partial charge on any atom is 0.150 e. The number of carbonyl (C=O) groups excluding carboxylic acids is 1. The quantitative estimate of drug-likeness (QED) is 0.326. The number of hydrogen-bond donors (Lipinski definition) is 0. The van der Waals surface area contributed by atoms with Crippen molar-refractivity contribution >= 4 is 6.29 Å². The monoisotopic (exact) mass is 324 g/mol. The molecule has 0 saturated heterocycles. The summed E-state index contributed by atoms with van der Waals surface area (Å²) in [5, 5.41) is 0. The van der Waals surface area contributed by atoms with Crippen molar-refractivity contribution in [3.8, 4) is 11.1 Å². The summed E-state index contributed by atoms with van der Waals surface area (Å²) in [4.78, 5) is 11.9. The maximum atomic E-state index is 11.9. The zero-order valence-corrected chi connectivity index (χ0v) is 15.4. The predicted molar refractivity (Wildman–Crippen MR) is 104 cm³/mol. The van der Waals surface area contributed by atoms with Gasteiger partial charge in [0.2, 0.25) is 0 Å². The fourth-order valence-electron chi connectivity index (χ4n) is 3.68. The summed E-state index contributed by atoms with van der Waals surface area (Å²) in [6.07, 6.45) is 13.1. The Bertz CT molecular complexity index is 553. The van der Waals surface area contributed by atoms with Gasteiger partial charge in [0.15, 0.2) is 6.29 Å². The molecule has 1 heteroatoms. The van der Waals surface area contributed by atoms with Crippen molar-refractivity contribution in [2.45, 2.75) is 78.1 Å². The van der Waals surface area contributed by atoms with Crippen LogP contribution in [0.25, 0.3) is 11.1 Å². The Balaban J connectivity index is 2.28. The normalized spacial score (nSPS) is 11.1. The summed E-state index contributed by atoms with van der Waals surface area (Å²) in [5.74, 6) is 0. The first-order valence-corrected chi connectivity index (χ1v) is 9.81. The number of rotatable bonds is 11. The highest BCUT2D eigenvalue weighted by atomic mass is 16.1. The molecule has 0 atom stereocenters. The molecule has 0 heterocycles. The van der Waals surface area contributed by atoms with Gasteiger partial charge in [-0.15, -0.1) is 0 Å². The summed E-state index contributed by atoms with van der Waals surface area (Å²) in [6.45, 7) is 4.48. The molecule has 24 heavy (non-hydrogen) atoms. The van der Waals surface area contributed by atoms with Crippen molar-refractivity contribution in [2.75, 3.05) is 0 Å². The fourth-order valence-corrected chi connectivity index (χ4v) is 3.68. The number of fused-ring (bicyclic) bond motifs is 1. The summed E-state index contributed by atoms with van der Waals surface area (Å²) < 4.78 is 0. The average Bonchev–Trinajstić information content (AvgIpc) is 2.75. The van der Waals surface area contributed by atoms with Crippen LogP contribution in [-0.4, -0.2) is 6.29 Å². The van der Waals surface area contributed by atoms with E-state index in [0.717, 1.165) is 24.7 Å². The molecule has 2 aliphatic carbocycles. The molecule has 0 unspecified atom stereocenters. The van der Waals surface area contributed by atoms with E-state index in [4.69, 9.17) is 0 Å². The molecule has 0 radical (unpaired) electrons. The standard InChI is InChI=1S/C23H32O/c1-3-5-7-10-16-21-19-14-12-9-13-15-20(19)22(23(21)18-24)17-11-8-6-4-2/h9,12-15,18H,3-8,10-11,16-17H2,1-2H3. The lowest BCUT2D eigenvalue weighted by Gasteiger charge is -2.03. The van der Waals surface area contributed by atoms with Crippen LogP contribution in [0.5, 0.6) is 0 Å². The van der Waals surface area contributed by atoms with Crippen LogP contribution >= 0.6 is 0 Å². The third kappa shape index (κ3) is 4.69. The minimum absolute atomic E-state index is 0.990. The van der Waals surface area contributed by atoms with Gasteiger partial charge in [0, 0.05) is 5.56 Å². The van der Waals surface area contributed by atoms with Crippen LogP contribution in [0.15, 0.2) is 30.3 Å². The van der Waals surface area contributed by atoms with E-state index in [1.165, 1.54) is 73.6 Å². The highest BCUT2D eigenvalue weighted by molar-refractivity contribution is 5.92. The van der Waals surface area contributed by atoms with Gasteiger partial charge in [0.25, 0.3) is 0 Å². The predicted octanol–water partition coefficient (Wildman–Crippen LogP) is 6.85. The number of unbranched alkanes of at least 4 members (excludes halogenated alkanes) is 6. The Kier molecular flexibility index (Phi) is 8.01. The van der Waals surface area contributed by atoms with E-state index < -0.39 is 0 Å². The molecule has 0 aromatic carbocycles. The second kappa shape index (κ2) is 10.3. The zero-order chi connectivity index (χ0) is 17.2. The molecule has 0 bridgehead atoms. The van der Waals surface area contributed by atoms with Crippen molar-refractivity contribution in [3.63, 3.8) is 0 Å². The summed E-state index contributed by atoms with van der Waals surface area (Å²) in [7, 11) is 0. The highest BCUT2D eigenvalue weighted by Gasteiger charge is 2.21. The molecule has 0 amide bonds. The third-order valence-corrected chi connectivity index (χ3v) is 5.02. The molecule has 0 aliphatic heterocycles. The number of carbonyl (C=O) groups is 1. The number of aldehydes is 1. The van der Waals surface area contributed by atoms with Crippen LogP contribution in [0.2, 0.25) is 0 Å². The molecule has 0 spiro atoms. The van der Waals surface area contributed by atoms with Gasteiger partial charge >= 0.3 is 0 Å². The van der Waals surface area contributed by atoms with E-state index >= 15 is 0 Å². The molecular formula is C23H32O. The van der Waals surface area contributed by atoms with E-state index in [9.17, 15) is 4.79 Å². The Morgan fingerprint density at radius 3 is 1.62 bits per heavy atom. The fraction of sp³-hybridized carbons (Fsp3) is 0.522. The van der Waals surface area contributed by atoms with Gasteiger partial charge in [-0.05, 0) is 47.9 Å². The summed E-state index contributed by atoms with van der Waals surface area (Å²) in [6, 6.07) is 10.7. The van der Waals surface area contributed by atoms with Gasteiger partial charge in [0.1, 0.15) is 0 Å². The van der Waals surface area contributed by atoms with E-state index in [2.05, 4.69) is 44.2 Å². The summed E-state index contributed by atoms with van der Waals surface area (Å²) >= 11 is 0. The van der Waals surface area contributed by atoms with E-state index in [1.807, 2.05) is 0 Å². The van der Waals surface area contributed by atoms with Crippen molar-refractivity contribution in [1.82, 2.24) is 0 Å². The molecule has 2 aliphatic rings. The van der Waals surface area contributed by atoms with Crippen LogP contribution in [0.3, 0.4) is 0 Å². The van der Waals surface area contributed by atoms with E-state index in [-0.39, 0.29) is 0 Å². The van der Waals surface area contributed by atoms with E-state index in [1.54, 1.807) is 0 Å². The van der Waals surface area contributed by atoms with Crippen molar-refractivity contribution < 1.29 is 4.79 Å². The van der Waals surface area contributed by atoms with Gasteiger partial charge in [-0.1, -0.05) is 82.7 Å². The van der Waals surface area contributed by atoms with Crippen molar-refractivity contribution in [2.24, 2.45) is 0 Å². The first-order valence-electron chi connectivity index (χ1n) is 9.81. The second-order valence-corrected chi connectivity index (χ2v) is 6.85. The molecule has 2 rings (SSSR count). The molecule has 0 aromatic rings. The molecule has 0 saturated carbocycles. The van der Waals surface area contributed by atoms with Gasteiger partial charge in [-0.2, -0.15) is 0 Å². The van der Waals surface area contributed by atoms with Gasteiger partial charge in [-0.3, -0.25) is 4.79 Å². The van der Waals surface area contributed by atoms with Crippen LogP contribution < -0.4 is 0 Å². The Morgan fingerprint density at radius 2 is 1.21 bits per heavy atom. The third-order valence-electron chi connectivity index (χ3n) is 5.02. The molecule has 1 nitrogen and oxygen atoms in total. The topological polar surface area (TPSA) is 17.1 Å². The zero-order valence-electron chi connectivity index (χ0n) is 15.4. The Hall–Kier alpha value is -1.63. The molecule has 0 aromatic heterocycles. The lowest BCUT2D eigenvalue weighted by Crippen LogP contribution is -1.94. The SMILES string of the molecule is CCCCCCc1c2cccccc-2c(CCCCCC)c1C=O. The van der Waals surface area contributed by atoms with Gasteiger partial charge in [-0.25, -0.2) is 0 Å². The Labute approximate surface area is 147 Å². The van der Waals surface area contributed by atoms with Crippen LogP contribution in [0, 0.1) is 0 Å². The highest BCUT2D eigenvalue weighted by Crippen LogP contribution is 2.37. The summed E-state index contributed by atoms with van der Waals surface area (Å²) in [5.41, 5.74) is 6.16. The smallest absolute Gasteiger partial charge is 0.150 e. The first-order chi connectivity index (χ1) is 11.8. The molecule has 130 valence electrons. The maximum absolute atomic E-state index is 11.9. The lowest BCUT2D eigenvalue weighted by atomic mass is 10.0. The van der Waals surface area contributed by atoms with E-state index in [0.29, 0.717) is 0 Å².